The van der Waals surface area contributed by atoms with Gasteiger partial charge in [0.05, 0.1) is 20.8 Å². The lowest BCUT2D eigenvalue weighted by molar-refractivity contribution is 0.262. The summed E-state index contributed by atoms with van der Waals surface area (Å²) in [5.74, 6) is 1.57. The smallest absolute Gasteiger partial charge is 0.127 e. The van der Waals surface area contributed by atoms with E-state index in [9.17, 15) is 0 Å². The molecular weight excluding hydrogens is 232 g/mol. The Morgan fingerprint density at radius 1 is 1.33 bits per heavy atom. The molecular formula is C13H22N2O3. The van der Waals surface area contributed by atoms with Gasteiger partial charge in [0.15, 0.2) is 0 Å². The number of ether oxygens (including phenoxy) is 2. The van der Waals surface area contributed by atoms with E-state index < -0.39 is 0 Å². The maximum atomic E-state index is 8.85. The van der Waals surface area contributed by atoms with E-state index in [1.807, 2.05) is 19.1 Å². The third kappa shape index (κ3) is 3.87. The molecule has 0 spiro atoms. The molecule has 0 bridgehead atoms. The van der Waals surface area contributed by atoms with Crippen LogP contribution < -0.4 is 20.5 Å². The van der Waals surface area contributed by atoms with E-state index in [1.165, 1.54) is 0 Å². The van der Waals surface area contributed by atoms with Crippen molar-refractivity contribution in [2.24, 2.45) is 5.73 Å². The van der Waals surface area contributed by atoms with Crippen LogP contribution in [-0.4, -0.2) is 38.5 Å². The summed E-state index contributed by atoms with van der Waals surface area (Å²) in [5.41, 5.74) is 7.79. The quantitative estimate of drug-likeness (QED) is 0.657. The van der Waals surface area contributed by atoms with Gasteiger partial charge in [0.1, 0.15) is 11.5 Å². The lowest BCUT2D eigenvalue weighted by Crippen LogP contribution is -2.36. The number of nitrogens with two attached hydrogens (primary N) is 1. The van der Waals surface area contributed by atoms with Crippen LogP contribution in [0.2, 0.25) is 0 Å². The molecule has 0 aliphatic rings. The Labute approximate surface area is 108 Å². The van der Waals surface area contributed by atoms with Gasteiger partial charge in [0, 0.05) is 30.8 Å². The highest BCUT2D eigenvalue weighted by molar-refractivity contribution is 5.46. The van der Waals surface area contributed by atoms with Crippen LogP contribution in [0.4, 0.5) is 0 Å². The summed E-state index contributed by atoms with van der Waals surface area (Å²) in [4.78, 5) is 0. The van der Waals surface area contributed by atoms with Crippen molar-refractivity contribution in [2.75, 3.05) is 27.4 Å². The molecule has 0 aromatic heterocycles. The Hall–Kier alpha value is -1.30. The summed E-state index contributed by atoms with van der Waals surface area (Å²) in [6.07, 6.45) is 0. The zero-order valence-corrected chi connectivity index (χ0v) is 11.2. The summed E-state index contributed by atoms with van der Waals surface area (Å²) in [6.45, 7) is 3.19. The van der Waals surface area contributed by atoms with Gasteiger partial charge in [-0.2, -0.15) is 0 Å². The molecule has 0 heterocycles. The molecule has 5 heteroatoms. The molecule has 0 aliphatic carbocycles. The second-order valence-electron chi connectivity index (χ2n) is 4.20. The van der Waals surface area contributed by atoms with E-state index in [4.69, 9.17) is 20.3 Å². The van der Waals surface area contributed by atoms with Crippen molar-refractivity contribution < 1.29 is 14.6 Å². The molecule has 0 amide bonds. The summed E-state index contributed by atoms with van der Waals surface area (Å²) in [5, 5.41) is 12.0. The largest absolute Gasteiger partial charge is 0.497 e. The van der Waals surface area contributed by atoms with Crippen LogP contribution in [-0.2, 0) is 6.54 Å². The summed E-state index contributed by atoms with van der Waals surface area (Å²) >= 11 is 0. The van der Waals surface area contributed by atoms with Crippen molar-refractivity contribution in [1.82, 2.24) is 5.32 Å². The molecule has 0 saturated heterocycles. The molecule has 1 aromatic carbocycles. The number of aryl methyl sites for hydroxylation is 1. The number of hydrogen-bond donors (Lipinski definition) is 3. The molecule has 1 aromatic rings. The molecule has 0 radical (unpaired) electrons. The molecule has 1 unspecified atom stereocenters. The van der Waals surface area contributed by atoms with Gasteiger partial charge < -0.3 is 25.6 Å². The highest BCUT2D eigenvalue weighted by Gasteiger charge is 2.09. The zero-order chi connectivity index (χ0) is 13.5. The average Bonchev–Trinajstić information content (AvgIpc) is 2.39. The minimum absolute atomic E-state index is 0.0221. The third-order valence-corrected chi connectivity index (χ3v) is 2.80. The lowest BCUT2D eigenvalue weighted by Gasteiger charge is -2.15. The van der Waals surface area contributed by atoms with Gasteiger partial charge >= 0.3 is 0 Å². The maximum absolute atomic E-state index is 8.85. The predicted octanol–water partition coefficient (Wildman–Crippen LogP) is 0.421. The number of aliphatic hydroxyl groups is 1. The standard InChI is InChI=1S/C13H22N2O3/c1-9-4-11(17-2)5-13(18-3)12(9)7-15-6-10(14)8-16/h4-5,10,15-16H,6-8,14H2,1-3H3. The van der Waals surface area contributed by atoms with E-state index in [0.717, 1.165) is 22.6 Å². The van der Waals surface area contributed by atoms with Gasteiger partial charge in [-0.15, -0.1) is 0 Å². The van der Waals surface area contributed by atoms with Crippen LogP contribution in [0, 0.1) is 6.92 Å². The van der Waals surface area contributed by atoms with Crippen LogP contribution in [0.25, 0.3) is 0 Å². The molecule has 0 aliphatic heterocycles. The molecule has 4 N–H and O–H groups in total. The Balaban J connectivity index is 2.75. The zero-order valence-electron chi connectivity index (χ0n) is 11.2. The Bertz CT molecular complexity index is 383. The highest BCUT2D eigenvalue weighted by atomic mass is 16.5. The van der Waals surface area contributed by atoms with Crippen molar-refractivity contribution in [1.29, 1.82) is 0 Å². The molecule has 5 nitrogen and oxygen atoms in total. The van der Waals surface area contributed by atoms with Crippen LogP contribution in [0.5, 0.6) is 11.5 Å². The molecule has 1 atom stereocenters. The van der Waals surface area contributed by atoms with Crippen LogP contribution in [0.15, 0.2) is 12.1 Å². The summed E-state index contributed by atoms with van der Waals surface area (Å²) in [6, 6.07) is 3.58. The van der Waals surface area contributed by atoms with Gasteiger partial charge in [0.2, 0.25) is 0 Å². The topological polar surface area (TPSA) is 76.7 Å². The number of rotatable bonds is 7. The molecule has 1 rings (SSSR count). The minimum Gasteiger partial charge on any atom is -0.497 e. The molecule has 18 heavy (non-hydrogen) atoms. The van der Waals surface area contributed by atoms with Crippen molar-refractivity contribution >= 4 is 0 Å². The Morgan fingerprint density at radius 2 is 2.06 bits per heavy atom. The fourth-order valence-corrected chi connectivity index (χ4v) is 1.73. The summed E-state index contributed by atoms with van der Waals surface area (Å²) in [7, 11) is 3.27. The Kier molecular flexibility index (Phi) is 5.91. The first-order valence-electron chi connectivity index (χ1n) is 5.91. The van der Waals surface area contributed by atoms with Crippen LogP contribution >= 0.6 is 0 Å². The first-order chi connectivity index (χ1) is 8.62. The molecule has 0 saturated carbocycles. The van der Waals surface area contributed by atoms with Crippen LogP contribution in [0.3, 0.4) is 0 Å². The maximum Gasteiger partial charge on any atom is 0.127 e. The average molecular weight is 254 g/mol. The first-order valence-corrected chi connectivity index (χ1v) is 5.91. The van der Waals surface area contributed by atoms with E-state index in [0.29, 0.717) is 13.1 Å². The lowest BCUT2D eigenvalue weighted by atomic mass is 10.1. The minimum atomic E-state index is -0.241. The number of methoxy groups -OCH3 is 2. The number of benzene rings is 1. The second-order valence-corrected chi connectivity index (χ2v) is 4.20. The number of hydrogen-bond acceptors (Lipinski definition) is 5. The van der Waals surface area contributed by atoms with E-state index in [1.54, 1.807) is 14.2 Å². The molecule has 102 valence electrons. The van der Waals surface area contributed by atoms with Crippen LogP contribution in [0.1, 0.15) is 11.1 Å². The van der Waals surface area contributed by atoms with Gasteiger partial charge in [-0.25, -0.2) is 0 Å². The van der Waals surface area contributed by atoms with Crippen molar-refractivity contribution in [3.05, 3.63) is 23.3 Å². The SMILES string of the molecule is COc1cc(C)c(CNCC(N)CO)c(OC)c1. The van der Waals surface area contributed by atoms with E-state index in [-0.39, 0.29) is 12.6 Å². The third-order valence-electron chi connectivity index (χ3n) is 2.80. The summed E-state index contributed by atoms with van der Waals surface area (Å²) < 4.78 is 10.6. The first kappa shape index (κ1) is 14.8. The van der Waals surface area contributed by atoms with Crippen molar-refractivity contribution in [3.63, 3.8) is 0 Å². The van der Waals surface area contributed by atoms with Gasteiger partial charge in [-0.05, 0) is 18.6 Å². The Morgan fingerprint density at radius 3 is 2.61 bits per heavy atom. The monoisotopic (exact) mass is 254 g/mol. The van der Waals surface area contributed by atoms with Gasteiger partial charge in [0.25, 0.3) is 0 Å². The second kappa shape index (κ2) is 7.20. The fourth-order valence-electron chi connectivity index (χ4n) is 1.73. The highest BCUT2D eigenvalue weighted by Crippen LogP contribution is 2.28. The molecule has 0 fully saturated rings. The van der Waals surface area contributed by atoms with E-state index in [2.05, 4.69) is 5.32 Å². The van der Waals surface area contributed by atoms with Gasteiger partial charge in [-0.3, -0.25) is 0 Å². The van der Waals surface area contributed by atoms with E-state index >= 15 is 0 Å². The van der Waals surface area contributed by atoms with Crippen molar-refractivity contribution in [3.8, 4) is 11.5 Å². The normalized spacial score (nSPS) is 12.3. The predicted molar refractivity (Wildman–Crippen MR) is 71.1 cm³/mol. The number of aliphatic hydroxyl groups excluding tert-OH is 1. The number of nitrogens with one attached hydrogen (secondary N) is 1. The van der Waals surface area contributed by atoms with Crippen molar-refractivity contribution in [2.45, 2.75) is 19.5 Å². The van der Waals surface area contributed by atoms with Gasteiger partial charge in [-0.1, -0.05) is 0 Å². The fraction of sp³-hybridized carbons (Fsp3) is 0.538.